The molecular formula is C17H14Cl3NO2. The Morgan fingerprint density at radius 3 is 1.78 bits per heavy atom. The topological polar surface area (TPSA) is 37.4 Å². The van der Waals surface area contributed by atoms with E-state index in [1.807, 2.05) is 0 Å². The van der Waals surface area contributed by atoms with Gasteiger partial charge >= 0.3 is 0 Å². The summed E-state index contributed by atoms with van der Waals surface area (Å²) < 4.78 is 0. The van der Waals surface area contributed by atoms with Gasteiger partial charge in [-0.2, -0.15) is 0 Å². The number of benzene rings is 1. The van der Waals surface area contributed by atoms with E-state index in [2.05, 4.69) is 0 Å². The second-order valence-electron chi connectivity index (χ2n) is 7.26. The van der Waals surface area contributed by atoms with Gasteiger partial charge < -0.3 is 0 Å². The zero-order chi connectivity index (χ0) is 16.0. The van der Waals surface area contributed by atoms with Crippen LogP contribution >= 0.6 is 34.8 Å². The summed E-state index contributed by atoms with van der Waals surface area (Å²) in [6, 6.07) is 3.12. The van der Waals surface area contributed by atoms with Gasteiger partial charge in [0.05, 0.1) is 32.6 Å². The van der Waals surface area contributed by atoms with Gasteiger partial charge in [-0.15, -0.1) is 0 Å². The largest absolute Gasteiger partial charge is 0.274 e. The van der Waals surface area contributed by atoms with Crippen molar-refractivity contribution in [1.82, 2.24) is 0 Å². The van der Waals surface area contributed by atoms with Crippen molar-refractivity contribution in [1.29, 1.82) is 0 Å². The number of carbonyl (C=O) groups is 2. The van der Waals surface area contributed by atoms with Gasteiger partial charge in [0.1, 0.15) is 0 Å². The Morgan fingerprint density at radius 1 is 0.826 bits per heavy atom. The van der Waals surface area contributed by atoms with Crippen molar-refractivity contribution < 1.29 is 9.59 Å². The van der Waals surface area contributed by atoms with Crippen LogP contribution < -0.4 is 4.90 Å². The van der Waals surface area contributed by atoms with Crippen LogP contribution in [-0.4, -0.2) is 11.8 Å². The van der Waals surface area contributed by atoms with Crippen LogP contribution in [0.15, 0.2) is 12.1 Å². The number of hydrogen-bond donors (Lipinski definition) is 0. The first-order chi connectivity index (χ1) is 11.0. The molecule has 0 aromatic heterocycles. The number of imide groups is 1. The van der Waals surface area contributed by atoms with Gasteiger partial charge in [-0.3, -0.25) is 9.59 Å². The average molecular weight is 371 g/mol. The Morgan fingerprint density at radius 2 is 1.30 bits per heavy atom. The summed E-state index contributed by atoms with van der Waals surface area (Å²) >= 11 is 18.1. The fraction of sp³-hybridized carbons (Fsp3) is 0.529. The van der Waals surface area contributed by atoms with Gasteiger partial charge in [-0.05, 0) is 55.1 Å². The Kier molecular flexibility index (Phi) is 2.94. The molecule has 120 valence electrons. The minimum Gasteiger partial charge on any atom is -0.274 e. The van der Waals surface area contributed by atoms with Crippen LogP contribution in [0.25, 0.3) is 0 Å². The Balaban J connectivity index is 1.58. The van der Waals surface area contributed by atoms with E-state index in [1.165, 1.54) is 11.3 Å². The number of rotatable bonds is 1. The quantitative estimate of drug-likeness (QED) is 0.542. The third-order valence-electron chi connectivity index (χ3n) is 6.37. The van der Waals surface area contributed by atoms with E-state index in [0.717, 1.165) is 12.8 Å². The van der Waals surface area contributed by atoms with E-state index in [9.17, 15) is 9.59 Å². The summed E-state index contributed by atoms with van der Waals surface area (Å²) in [4.78, 5) is 27.3. The maximum atomic E-state index is 13.0. The smallest absolute Gasteiger partial charge is 0.237 e. The van der Waals surface area contributed by atoms with Gasteiger partial charge in [0, 0.05) is 0 Å². The fourth-order valence-electron chi connectivity index (χ4n) is 5.46. The van der Waals surface area contributed by atoms with E-state index in [4.69, 9.17) is 34.8 Å². The van der Waals surface area contributed by atoms with Crippen LogP contribution in [0.4, 0.5) is 5.69 Å². The van der Waals surface area contributed by atoms with Crippen molar-refractivity contribution in [2.24, 2.45) is 35.5 Å². The van der Waals surface area contributed by atoms with Crippen molar-refractivity contribution >= 4 is 52.3 Å². The molecule has 1 saturated heterocycles. The molecule has 6 atom stereocenters. The highest BCUT2D eigenvalue weighted by molar-refractivity contribution is 6.48. The molecule has 1 aromatic rings. The zero-order valence-corrected chi connectivity index (χ0v) is 14.4. The molecule has 0 unspecified atom stereocenters. The first-order valence-corrected chi connectivity index (χ1v) is 9.14. The highest BCUT2D eigenvalue weighted by Crippen LogP contribution is 2.68. The molecule has 0 N–H and O–H groups in total. The van der Waals surface area contributed by atoms with E-state index in [1.54, 1.807) is 12.1 Å². The maximum Gasteiger partial charge on any atom is 0.237 e. The summed E-state index contributed by atoms with van der Waals surface area (Å²) in [6.07, 6.45) is 3.38. The average Bonchev–Trinajstić information content (AvgIpc) is 3.29. The van der Waals surface area contributed by atoms with Crippen molar-refractivity contribution in [2.75, 3.05) is 4.90 Å². The predicted octanol–water partition coefficient (Wildman–Crippen LogP) is 4.43. The number of nitrogens with zero attached hydrogens (tertiary/aromatic N) is 1. The lowest BCUT2D eigenvalue weighted by Crippen LogP contribution is -2.43. The molecular weight excluding hydrogens is 357 g/mol. The van der Waals surface area contributed by atoms with Crippen molar-refractivity contribution in [3.63, 3.8) is 0 Å². The first-order valence-electron chi connectivity index (χ1n) is 8.01. The standard InChI is InChI=1S/C17H14Cl3NO2/c18-11-3-6(4-12(19)15(11)20)21-16(22)13-7-1-2-8(10-5-9(7)10)14(13)17(21)23/h3-4,7-10,13-14H,1-2,5H2/t7-,8+,9+,10-,13-,14+. The zero-order valence-electron chi connectivity index (χ0n) is 12.1. The van der Waals surface area contributed by atoms with Gasteiger partial charge in [0.15, 0.2) is 0 Å². The third-order valence-corrected chi connectivity index (χ3v) is 7.57. The lowest BCUT2D eigenvalue weighted by atomic mass is 9.59. The third kappa shape index (κ3) is 1.79. The van der Waals surface area contributed by atoms with E-state index in [0.29, 0.717) is 29.4 Å². The Hall–Kier alpha value is -0.770. The van der Waals surface area contributed by atoms with Crippen LogP contribution in [0.2, 0.25) is 15.1 Å². The van der Waals surface area contributed by atoms with Crippen LogP contribution in [0.3, 0.4) is 0 Å². The van der Waals surface area contributed by atoms with Gasteiger partial charge in [-0.1, -0.05) is 34.8 Å². The van der Waals surface area contributed by atoms with E-state index >= 15 is 0 Å². The van der Waals surface area contributed by atoms with Crippen LogP contribution in [-0.2, 0) is 9.59 Å². The van der Waals surface area contributed by atoms with Crippen LogP contribution in [0.5, 0.6) is 0 Å². The predicted molar refractivity (Wildman–Crippen MR) is 88.8 cm³/mol. The number of carbonyl (C=O) groups excluding carboxylic acids is 2. The van der Waals surface area contributed by atoms with Gasteiger partial charge in [-0.25, -0.2) is 4.90 Å². The first kappa shape index (κ1) is 14.6. The molecule has 1 aromatic carbocycles. The Bertz CT molecular complexity index is 707. The summed E-state index contributed by atoms with van der Waals surface area (Å²) in [5.74, 6) is 1.68. The number of halogens is 3. The van der Waals surface area contributed by atoms with Crippen molar-refractivity contribution in [3.8, 4) is 0 Å². The molecule has 0 spiro atoms. The summed E-state index contributed by atoms with van der Waals surface area (Å²) in [5, 5.41) is 0.765. The molecule has 3 nitrogen and oxygen atoms in total. The van der Waals surface area contributed by atoms with Crippen molar-refractivity contribution in [2.45, 2.75) is 19.3 Å². The SMILES string of the molecule is O=C1[C@@H]2[C@@H]3CC[C@@H]([C@H]4C[C@H]43)[C@@H]2C(=O)N1c1cc(Cl)c(Cl)c(Cl)c1. The Labute approximate surface area is 148 Å². The molecule has 1 heterocycles. The molecule has 2 bridgehead atoms. The maximum absolute atomic E-state index is 13.0. The lowest BCUT2D eigenvalue weighted by molar-refractivity contribution is -0.129. The highest BCUT2D eigenvalue weighted by Gasteiger charge is 2.68. The normalized spacial score (nSPS) is 40.4. The summed E-state index contributed by atoms with van der Waals surface area (Å²) in [5.41, 5.74) is 0.446. The fourth-order valence-corrected chi connectivity index (χ4v) is 6.05. The minimum atomic E-state index is -0.141. The van der Waals surface area contributed by atoms with Gasteiger partial charge in [0.25, 0.3) is 0 Å². The number of hydrogen-bond acceptors (Lipinski definition) is 2. The number of anilines is 1. The second-order valence-corrected chi connectivity index (χ2v) is 8.45. The van der Waals surface area contributed by atoms with Crippen LogP contribution in [0.1, 0.15) is 19.3 Å². The molecule has 4 saturated carbocycles. The molecule has 6 rings (SSSR count). The monoisotopic (exact) mass is 369 g/mol. The molecule has 6 heteroatoms. The van der Waals surface area contributed by atoms with E-state index in [-0.39, 0.29) is 38.7 Å². The number of fused-ring (bicyclic) bond motifs is 1. The lowest BCUT2D eigenvalue weighted by Gasteiger charge is -2.42. The van der Waals surface area contributed by atoms with Crippen LogP contribution in [0, 0.1) is 35.5 Å². The molecule has 4 aliphatic carbocycles. The molecule has 5 fully saturated rings. The molecule has 0 radical (unpaired) electrons. The highest BCUT2D eigenvalue weighted by atomic mass is 35.5. The second kappa shape index (κ2) is 4.65. The number of amides is 2. The van der Waals surface area contributed by atoms with Crippen molar-refractivity contribution in [3.05, 3.63) is 27.2 Å². The molecule has 2 amide bonds. The minimum absolute atomic E-state index is 0.0745. The molecule has 1 aliphatic heterocycles. The van der Waals surface area contributed by atoms with Gasteiger partial charge in [0.2, 0.25) is 11.8 Å². The summed E-state index contributed by atoms with van der Waals surface area (Å²) in [7, 11) is 0. The van der Waals surface area contributed by atoms with E-state index < -0.39 is 0 Å². The molecule has 23 heavy (non-hydrogen) atoms. The molecule has 5 aliphatic rings. The summed E-state index contributed by atoms with van der Waals surface area (Å²) in [6.45, 7) is 0.